The van der Waals surface area contributed by atoms with Gasteiger partial charge in [-0.15, -0.1) is 0 Å². The molecule has 0 aliphatic rings. The van der Waals surface area contributed by atoms with Crippen LogP contribution < -0.4 is 14.9 Å². The Kier molecular flexibility index (Phi) is 6.03. The van der Waals surface area contributed by atoms with Crippen molar-refractivity contribution in [3.63, 3.8) is 0 Å². The number of nitrogens with one attached hydrogen (secondary N) is 1. The summed E-state index contributed by atoms with van der Waals surface area (Å²) in [6.07, 6.45) is 0. The molecular formula is C17H17ClN2O4. The largest absolute Gasteiger partial charge is 0.507 e. The molecule has 1 amide bonds. The number of methoxy groups -OCH3 is 1. The molecule has 7 heteroatoms. The fraction of sp³-hybridized carbons (Fsp3) is 0.176. The molecule has 2 N–H and O–H groups in total. The number of hydrazone groups is 1. The average Bonchev–Trinajstić information content (AvgIpc) is 2.60. The highest BCUT2D eigenvalue weighted by atomic mass is 35.5. The van der Waals surface area contributed by atoms with E-state index in [2.05, 4.69) is 10.5 Å². The lowest BCUT2D eigenvalue weighted by Gasteiger charge is -2.09. The van der Waals surface area contributed by atoms with E-state index in [0.29, 0.717) is 27.8 Å². The number of carbonyl (C=O) groups is 1. The number of hydrogen-bond acceptors (Lipinski definition) is 5. The van der Waals surface area contributed by atoms with Crippen molar-refractivity contribution >= 4 is 23.2 Å². The Morgan fingerprint density at radius 2 is 1.96 bits per heavy atom. The Morgan fingerprint density at radius 3 is 2.67 bits per heavy atom. The van der Waals surface area contributed by atoms with Gasteiger partial charge in [-0.1, -0.05) is 23.7 Å². The van der Waals surface area contributed by atoms with Gasteiger partial charge in [-0.3, -0.25) is 4.79 Å². The van der Waals surface area contributed by atoms with Crippen LogP contribution >= 0.6 is 11.6 Å². The maximum absolute atomic E-state index is 11.8. The first-order chi connectivity index (χ1) is 11.5. The molecule has 0 aliphatic heterocycles. The number of nitrogens with zero attached hydrogens (tertiary/aromatic N) is 1. The van der Waals surface area contributed by atoms with E-state index >= 15 is 0 Å². The second-order valence-electron chi connectivity index (χ2n) is 4.83. The molecule has 0 unspecified atom stereocenters. The molecule has 2 aromatic rings. The van der Waals surface area contributed by atoms with Gasteiger partial charge in [0.25, 0.3) is 5.91 Å². The Bertz CT molecular complexity index is 762. The van der Waals surface area contributed by atoms with Gasteiger partial charge >= 0.3 is 0 Å². The minimum Gasteiger partial charge on any atom is -0.507 e. The first-order valence-electron chi connectivity index (χ1n) is 7.09. The van der Waals surface area contributed by atoms with Crippen molar-refractivity contribution in [1.29, 1.82) is 0 Å². The van der Waals surface area contributed by atoms with Crippen molar-refractivity contribution in [3.05, 3.63) is 53.1 Å². The minimum atomic E-state index is -0.443. The van der Waals surface area contributed by atoms with Crippen LogP contribution in [-0.2, 0) is 4.79 Å². The van der Waals surface area contributed by atoms with Gasteiger partial charge in [-0.25, -0.2) is 5.43 Å². The van der Waals surface area contributed by atoms with E-state index in [0.717, 1.165) is 0 Å². The summed E-state index contributed by atoms with van der Waals surface area (Å²) in [5.41, 5.74) is 3.22. The van der Waals surface area contributed by atoms with E-state index in [1.54, 1.807) is 43.3 Å². The standard InChI is InChI=1S/C17H17ClN2O4/c1-11(13-9-12(18)7-8-14(13)21)19-20-17(22)10-24-16-6-4-3-5-15(16)23-2/h3-9,21H,10H2,1-2H3,(H,20,22)/b19-11+. The third kappa shape index (κ3) is 4.63. The third-order valence-corrected chi connectivity index (χ3v) is 3.36. The Morgan fingerprint density at radius 1 is 1.25 bits per heavy atom. The highest BCUT2D eigenvalue weighted by Crippen LogP contribution is 2.25. The van der Waals surface area contributed by atoms with E-state index < -0.39 is 5.91 Å². The lowest BCUT2D eigenvalue weighted by molar-refractivity contribution is -0.123. The van der Waals surface area contributed by atoms with Gasteiger partial charge in [0.2, 0.25) is 0 Å². The number of ether oxygens (including phenoxy) is 2. The molecule has 24 heavy (non-hydrogen) atoms. The van der Waals surface area contributed by atoms with Crippen molar-refractivity contribution < 1.29 is 19.4 Å². The molecule has 2 rings (SSSR count). The lowest BCUT2D eigenvalue weighted by Crippen LogP contribution is -2.25. The monoisotopic (exact) mass is 348 g/mol. The molecular weight excluding hydrogens is 332 g/mol. The van der Waals surface area contributed by atoms with Gasteiger partial charge in [-0.2, -0.15) is 5.10 Å². The quantitative estimate of drug-likeness (QED) is 0.621. The van der Waals surface area contributed by atoms with Gasteiger partial charge in [0.1, 0.15) is 5.75 Å². The molecule has 0 heterocycles. The summed E-state index contributed by atoms with van der Waals surface area (Å²) >= 11 is 5.88. The van der Waals surface area contributed by atoms with Crippen LogP contribution in [0.1, 0.15) is 12.5 Å². The maximum atomic E-state index is 11.8. The molecule has 0 fully saturated rings. The highest BCUT2D eigenvalue weighted by molar-refractivity contribution is 6.31. The fourth-order valence-electron chi connectivity index (χ4n) is 1.92. The van der Waals surface area contributed by atoms with Gasteiger partial charge in [0.15, 0.2) is 18.1 Å². The van der Waals surface area contributed by atoms with E-state index in [1.165, 1.54) is 13.2 Å². The Labute approximate surface area is 144 Å². The van der Waals surface area contributed by atoms with Crippen molar-refractivity contribution in [2.75, 3.05) is 13.7 Å². The summed E-state index contributed by atoms with van der Waals surface area (Å²) in [6.45, 7) is 1.42. The van der Waals surface area contributed by atoms with E-state index in [4.69, 9.17) is 21.1 Å². The molecule has 126 valence electrons. The summed E-state index contributed by atoms with van der Waals surface area (Å²) in [5.74, 6) is 0.583. The zero-order valence-corrected chi connectivity index (χ0v) is 14.0. The van der Waals surface area contributed by atoms with Crippen LogP contribution in [0.4, 0.5) is 0 Å². The van der Waals surface area contributed by atoms with Crippen LogP contribution in [0, 0.1) is 0 Å². The number of rotatable bonds is 6. The number of amides is 1. The summed E-state index contributed by atoms with van der Waals surface area (Å²) in [5, 5.41) is 14.2. The predicted molar refractivity (Wildman–Crippen MR) is 92.0 cm³/mol. The smallest absolute Gasteiger partial charge is 0.277 e. The number of benzene rings is 2. The second-order valence-corrected chi connectivity index (χ2v) is 5.27. The van der Waals surface area contributed by atoms with Gasteiger partial charge in [0, 0.05) is 10.6 Å². The first-order valence-corrected chi connectivity index (χ1v) is 7.47. The summed E-state index contributed by atoms with van der Waals surface area (Å²) in [6, 6.07) is 11.6. The number of phenols is 1. The summed E-state index contributed by atoms with van der Waals surface area (Å²) < 4.78 is 10.5. The SMILES string of the molecule is COc1ccccc1OCC(=O)N/N=C(\C)c1cc(Cl)ccc1O. The molecule has 6 nitrogen and oxygen atoms in total. The van der Waals surface area contributed by atoms with Gasteiger partial charge in [-0.05, 0) is 37.3 Å². The van der Waals surface area contributed by atoms with Crippen LogP contribution in [-0.4, -0.2) is 30.4 Å². The van der Waals surface area contributed by atoms with E-state index in [-0.39, 0.29) is 12.4 Å². The number of aromatic hydroxyl groups is 1. The van der Waals surface area contributed by atoms with Crippen molar-refractivity contribution in [1.82, 2.24) is 5.43 Å². The van der Waals surface area contributed by atoms with Crippen LogP contribution in [0.25, 0.3) is 0 Å². The van der Waals surface area contributed by atoms with Crippen molar-refractivity contribution in [3.8, 4) is 17.2 Å². The maximum Gasteiger partial charge on any atom is 0.277 e. The molecule has 0 radical (unpaired) electrons. The molecule has 0 atom stereocenters. The molecule has 0 aromatic heterocycles. The lowest BCUT2D eigenvalue weighted by atomic mass is 10.1. The number of carbonyl (C=O) groups excluding carboxylic acids is 1. The van der Waals surface area contributed by atoms with Crippen LogP contribution in [0.2, 0.25) is 5.02 Å². The second kappa shape index (κ2) is 8.21. The molecule has 0 aliphatic carbocycles. The van der Waals surface area contributed by atoms with E-state index in [9.17, 15) is 9.90 Å². The van der Waals surface area contributed by atoms with Crippen molar-refractivity contribution in [2.45, 2.75) is 6.92 Å². The topological polar surface area (TPSA) is 80.2 Å². The number of para-hydroxylation sites is 2. The molecule has 0 bridgehead atoms. The molecule has 2 aromatic carbocycles. The zero-order chi connectivity index (χ0) is 17.5. The van der Waals surface area contributed by atoms with E-state index in [1.807, 2.05) is 0 Å². The number of hydrogen-bond donors (Lipinski definition) is 2. The third-order valence-electron chi connectivity index (χ3n) is 3.12. The van der Waals surface area contributed by atoms with Crippen LogP contribution in [0.3, 0.4) is 0 Å². The average molecular weight is 349 g/mol. The fourth-order valence-corrected chi connectivity index (χ4v) is 2.09. The van der Waals surface area contributed by atoms with Gasteiger partial charge < -0.3 is 14.6 Å². The normalized spacial score (nSPS) is 11.0. The molecule has 0 spiro atoms. The zero-order valence-electron chi connectivity index (χ0n) is 13.2. The minimum absolute atomic E-state index is 0.0279. The predicted octanol–water partition coefficient (Wildman–Crippen LogP) is 2.97. The highest BCUT2D eigenvalue weighted by Gasteiger charge is 2.08. The van der Waals surface area contributed by atoms with Crippen LogP contribution in [0.15, 0.2) is 47.6 Å². The van der Waals surface area contributed by atoms with Crippen molar-refractivity contribution in [2.24, 2.45) is 5.10 Å². The molecule has 0 saturated heterocycles. The van der Waals surface area contributed by atoms with Crippen LogP contribution in [0.5, 0.6) is 17.2 Å². The van der Waals surface area contributed by atoms with Gasteiger partial charge in [0.05, 0.1) is 12.8 Å². The Balaban J connectivity index is 1.96. The first kappa shape index (κ1) is 17.6. The summed E-state index contributed by atoms with van der Waals surface area (Å²) in [4.78, 5) is 11.8. The molecule has 0 saturated carbocycles. The Hall–Kier alpha value is -2.73. The summed E-state index contributed by atoms with van der Waals surface area (Å²) in [7, 11) is 1.52. The number of phenolic OH excluding ortho intramolecular Hbond substituents is 1. The number of halogens is 1.